The van der Waals surface area contributed by atoms with Crippen LogP contribution in [0.1, 0.15) is 29.6 Å². The molecule has 0 aromatic heterocycles. The third-order valence-corrected chi connectivity index (χ3v) is 4.63. The molecule has 0 unspecified atom stereocenters. The highest BCUT2D eigenvalue weighted by Crippen LogP contribution is 2.35. The molecule has 130 valence electrons. The number of anilines is 1. The third-order valence-electron chi connectivity index (χ3n) is 4.63. The molecule has 1 aliphatic heterocycles. The minimum absolute atomic E-state index is 0.0303. The lowest BCUT2D eigenvalue weighted by atomic mass is 9.85. The summed E-state index contributed by atoms with van der Waals surface area (Å²) in [7, 11) is 0. The average Bonchev–Trinajstić information content (AvgIpc) is 2.85. The second-order valence-electron chi connectivity index (χ2n) is 6.19. The molecule has 2 aliphatic rings. The molecule has 4 amide bonds. The highest BCUT2D eigenvalue weighted by atomic mass is 16.2. The summed E-state index contributed by atoms with van der Waals surface area (Å²) >= 11 is 0. The number of imide groups is 1. The molecule has 25 heavy (non-hydrogen) atoms. The molecule has 7 nitrogen and oxygen atoms in total. The van der Waals surface area contributed by atoms with Gasteiger partial charge in [-0.05, 0) is 25.0 Å². The number of carbonyl (C=O) groups is 4. The van der Waals surface area contributed by atoms with Gasteiger partial charge in [-0.25, -0.2) is 0 Å². The largest absolute Gasteiger partial charge is 0.366 e. The van der Waals surface area contributed by atoms with Crippen LogP contribution in [0.3, 0.4) is 0 Å². The monoisotopic (exact) mass is 341 g/mol. The van der Waals surface area contributed by atoms with Crippen molar-refractivity contribution in [3.8, 4) is 0 Å². The Kier molecular flexibility index (Phi) is 4.65. The minimum Gasteiger partial charge on any atom is -0.366 e. The van der Waals surface area contributed by atoms with Crippen molar-refractivity contribution in [2.24, 2.45) is 17.6 Å². The zero-order valence-corrected chi connectivity index (χ0v) is 13.6. The molecule has 1 saturated heterocycles. The molecule has 3 N–H and O–H groups in total. The molecule has 1 aromatic carbocycles. The van der Waals surface area contributed by atoms with E-state index < -0.39 is 5.91 Å². The number of nitrogens with two attached hydrogens (primary N) is 1. The molecule has 2 atom stereocenters. The highest BCUT2D eigenvalue weighted by molar-refractivity contribution is 6.06. The Hall–Kier alpha value is -2.96. The number of fused-ring (bicyclic) bond motifs is 1. The van der Waals surface area contributed by atoms with Crippen LogP contribution >= 0.6 is 0 Å². The summed E-state index contributed by atoms with van der Waals surface area (Å²) in [5, 5.41) is 2.61. The van der Waals surface area contributed by atoms with E-state index in [9.17, 15) is 19.2 Å². The van der Waals surface area contributed by atoms with Gasteiger partial charge in [0.25, 0.3) is 5.91 Å². The standard InChI is InChI=1S/C18H19N3O4/c19-16(23)13-7-3-4-8-14(13)20-15(22)9-10-21-17(24)11-5-1-2-6-12(11)18(21)25/h1-4,7-8,11-12H,5-6,9-10H2,(H2,19,23)(H,20,22)/t11-,12-/m1/s1. The van der Waals surface area contributed by atoms with Crippen LogP contribution < -0.4 is 11.1 Å². The molecular weight excluding hydrogens is 322 g/mol. The normalized spacial score (nSPS) is 22.0. The lowest BCUT2D eigenvalue weighted by Crippen LogP contribution is -2.34. The van der Waals surface area contributed by atoms with Crippen molar-refractivity contribution in [2.75, 3.05) is 11.9 Å². The van der Waals surface area contributed by atoms with Gasteiger partial charge in [0.05, 0.1) is 23.1 Å². The van der Waals surface area contributed by atoms with E-state index in [4.69, 9.17) is 5.73 Å². The van der Waals surface area contributed by atoms with Gasteiger partial charge in [-0.15, -0.1) is 0 Å². The fraction of sp³-hybridized carbons (Fsp3) is 0.333. The van der Waals surface area contributed by atoms with Gasteiger partial charge >= 0.3 is 0 Å². The Morgan fingerprint density at radius 1 is 1.08 bits per heavy atom. The minimum atomic E-state index is -0.641. The summed E-state index contributed by atoms with van der Waals surface area (Å²) in [4.78, 5) is 49.4. The fourth-order valence-corrected chi connectivity index (χ4v) is 3.32. The zero-order valence-electron chi connectivity index (χ0n) is 13.6. The Balaban J connectivity index is 1.61. The van der Waals surface area contributed by atoms with Gasteiger partial charge in [0.15, 0.2) is 0 Å². The molecule has 0 radical (unpaired) electrons. The number of hydrogen-bond donors (Lipinski definition) is 2. The number of para-hydroxylation sites is 1. The van der Waals surface area contributed by atoms with Crippen LogP contribution in [0, 0.1) is 11.8 Å². The highest BCUT2D eigenvalue weighted by Gasteiger charge is 2.46. The molecule has 1 aliphatic carbocycles. The number of nitrogens with one attached hydrogen (secondary N) is 1. The van der Waals surface area contributed by atoms with Crippen molar-refractivity contribution in [2.45, 2.75) is 19.3 Å². The quantitative estimate of drug-likeness (QED) is 0.616. The topological polar surface area (TPSA) is 110 Å². The Morgan fingerprint density at radius 3 is 2.28 bits per heavy atom. The Bertz CT molecular complexity index is 745. The van der Waals surface area contributed by atoms with Gasteiger partial charge in [0.1, 0.15) is 0 Å². The number of allylic oxidation sites excluding steroid dienone is 2. The molecule has 1 aromatic rings. The number of nitrogens with zero attached hydrogens (tertiary/aromatic N) is 1. The second-order valence-corrected chi connectivity index (χ2v) is 6.19. The van der Waals surface area contributed by atoms with Gasteiger partial charge in [-0.2, -0.15) is 0 Å². The summed E-state index contributed by atoms with van der Waals surface area (Å²) in [5.74, 6) is -2.03. The third kappa shape index (κ3) is 3.31. The lowest BCUT2D eigenvalue weighted by molar-refractivity contribution is -0.140. The number of likely N-dealkylation sites (tertiary alicyclic amines) is 1. The van der Waals surface area contributed by atoms with E-state index >= 15 is 0 Å². The molecule has 0 spiro atoms. The molecule has 0 saturated carbocycles. The first-order valence-corrected chi connectivity index (χ1v) is 8.18. The van der Waals surface area contributed by atoms with Crippen LogP contribution in [0.15, 0.2) is 36.4 Å². The van der Waals surface area contributed by atoms with Crippen molar-refractivity contribution in [3.63, 3.8) is 0 Å². The van der Waals surface area contributed by atoms with Gasteiger partial charge in [-0.1, -0.05) is 24.3 Å². The van der Waals surface area contributed by atoms with E-state index in [1.165, 1.54) is 11.0 Å². The van der Waals surface area contributed by atoms with Crippen LogP contribution in [-0.4, -0.2) is 35.1 Å². The first kappa shape index (κ1) is 16.9. The molecular formula is C18H19N3O4. The van der Waals surface area contributed by atoms with Gasteiger partial charge in [0, 0.05) is 13.0 Å². The van der Waals surface area contributed by atoms with Crippen molar-refractivity contribution in [1.82, 2.24) is 4.90 Å². The van der Waals surface area contributed by atoms with E-state index in [1.54, 1.807) is 18.2 Å². The summed E-state index contributed by atoms with van der Waals surface area (Å²) in [5.41, 5.74) is 5.80. The molecule has 3 rings (SSSR count). The van der Waals surface area contributed by atoms with Crippen molar-refractivity contribution < 1.29 is 19.2 Å². The molecule has 0 bridgehead atoms. The van der Waals surface area contributed by atoms with Gasteiger partial charge in [-0.3, -0.25) is 24.1 Å². The van der Waals surface area contributed by atoms with Crippen molar-refractivity contribution in [3.05, 3.63) is 42.0 Å². The van der Waals surface area contributed by atoms with E-state index in [0.717, 1.165) is 0 Å². The van der Waals surface area contributed by atoms with Crippen LogP contribution in [0.5, 0.6) is 0 Å². The van der Waals surface area contributed by atoms with E-state index in [2.05, 4.69) is 5.32 Å². The maximum absolute atomic E-state index is 12.3. The summed E-state index contributed by atoms with van der Waals surface area (Å²) in [6, 6.07) is 6.41. The first-order valence-electron chi connectivity index (χ1n) is 8.18. The number of amides is 4. The van der Waals surface area contributed by atoms with E-state index in [0.29, 0.717) is 18.5 Å². The smallest absolute Gasteiger partial charge is 0.250 e. The SMILES string of the molecule is NC(=O)c1ccccc1NC(=O)CCN1C(=O)[C@@H]2CC=CC[C@H]2C1=O. The van der Waals surface area contributed by atoms with E-state index in [1.807, 2.05) is 12.2 Å². The average molecular weight is 341 g/mol. The number of primary amides is 1. The summed E-state index contributed by atoms with van der Waals surface area (Å²) in [6.45, 7) is 0.0369. The first-order chi connectivity index (χ1) is 12.0. The summed E-state index contributed by atoms with van der Waals surface area (Å²) < 4.78 is 0. The van der Waals surface area contributed by atoms with Crippen LogP contribution in [0.25, 0.3) is 0 Å². The number of benzene rings is 1. The lowest BCUT2D eigenvalue weighted by Gasteiger charge is -2.15. The maximum Gasteiger partial charge on any atom is 0.250 e. The zero-order chi connectivity index (χ0) is 18.0. The Morgan fingerprint density at radius 2 is 1.68 bits per heavy atom. The van der Waals surface area contributed by atoms with E-state index in [-0.39, 0.29) is 48.1 Å². The van der Waals surface area contributed by atoms with Crippen LogP contribution in [0.2, 0.25) is 0 Å². The van der Waals surface area contributed by atoms with Crippen molar-refractivity contribution in [1.29, 1.82) is 0 Å². The number of carbonyl (C=O) groups excluding carboxylic acids is 4. The van der Waals surface area contributed by atoms with Crippen LogP contribution in [0.4, 0.5) is 5.69 Å². The predicted octanol–water partition coefficient (Wildman–Crippen LogP) is 1.07. The van der Waals surface area contributed by atoms with Gasteiger partial charge in [0.2, 0.25) is 17.7 Å². The Labute approximate surface area is 144 Å². The number of rotatable bonds is 5. The molecule has 1 heterocycles. The number of hydrogen-bond acceptors (Lipinski definition) is 4. The van der Waals surface area contributed by atoms with Gasteiger partial charge < -0.3 is 11.1 Å². The molecule has 1 fully saturated rings. The predicted molar refractivity (Wildman–Crippen MR) is 90.3 cm³/mol. The van der Waals surface area contributed by atoms with Crippen LogP contribution in [-0.2, 0) is 14.4 Å². The fourth-order valence-electron chi connectivity index (χ4n) is 3.32. The second kappa shape index (κ2) is 6.88. The molecule has 7 heteroatoms. The van der Waals surface area contributed by atoms with Crippen molar-refractivity contribution >= 4 is 29.3 Å². The maximum atomic E-state index is 12.3. The summed E-state index contributed by atoms with van der Waals surface area (Å²) in [6.07, 6.45) is 4.96.